The Morgan fingerprint density at radius 1 is 1.50 bits per heavy atom. The lowest BCUT2D eigenvalue weighted by molar-refractivity contribution is 0.141. The Balaban J connectivity index is 3.44. The molecule has 2 atom stereocenters. The maximum absolute atomic E-state index is 10.6. The first-order valence-electron chi connectivity index (χ1n) is 2.85. The lowest BCUT2D eigenvalue weighted by Crippen LogP contribution is -2.30. The van der Waals surface area contributed by atoms with Crippen LogP contribution in [0.4, 0.5) is 4.79 Å². The molecule has 0 heterocycles. The van der Waals surface area contributed by atoms with E-state index in [1.807, 2.05) is 0 Å². The highest BCUT2D eigenvalue weighted by Gasteiger charge is 2.05. The molecule has 0 saturated carbocycles. The van der Waals surface area contributed by atoms with Crippen molar-refractivity contribution in [2.75, 3.05) is 0 Å². The Labute approximate surface area is 71.3 Å². The third-order valence-corrected chi connectivity index (χ3v) is 0.839. The molecule has 0 radical (unpaired) electrons. The topological polar surface area (TPSA) is 38.3 Å². The van der Waals surface area contributed by atoms with Crippen LogP contribution in [0.25, 0.3) is 0 Å². The highest BCUT2D eigenvalue weighted by molar-refractivity contribution is 7.81. The van der Waals surface area contributed by atoms with Gasteiger partial charge >= 0.3 is 6.09 Å². The van der Waals surface area contributed by atoms with E-state index in [1.54, 1.807) is 13.8 Å². The Bertz CT molecular complexity index is 104. The molecule has 1 amide bonds. The summed E-state index contributed by atoms with van der Waals surface area (Å²) in [7, 11) is 0. The van der Waals surface area contributed by atoms with Gasteiger partial charge in [0, 0.05) is 0 Å². The maximum atomic E-state index is 10.6. The van der Waals surface area contributed by atoms with E-state index in [9.17, 15) is 4.79 Å². The maximum Gasteiger partial charge on any atom is 0.409 e. The van der Waals surface area contributed by atoms with Gasteiger partial charge in [-0.05, 0) is 13.8 Å². The molecule has 0 saturated heterocycles. The number of carbonyl (C=O) groups excluding carboxylic acids is 1. The van der Waals surface area contributed by atoms with E-state index in [4.69, 9.17) is 0 Å². The van der Waals surface area contributed by atoms with Gasteiger partial charge in [0.1, 0.15) is 5.44 Å². The zero-order valence-corrected chi connectivity index (χ0v) is 7.65. The van der Waals surface area contributed by atoms with E-state index in [0.29, 0.717) is 0 Å². The van der Waals surface area contributed by atoms with E-state index in [-0.39, 0.29) is 10.8 Å². The molecule has 0 bridgehead atoms. The minimum Gasteiger partial charge on any atom is -0.436 e. The molecule has 60 valence electrons. The number of hydrogen-bond donors (Lipinski definition) is 3. The molecule has 0 rings (SSSR count). The van der Waals surface area contributed by atoms with Crippen molar-refractivity contribution >= 4 is 31.4 Å². The fourth-order valence-corrected chi connectivity index (χ4v) is 0.561. The third kappa shape index (κ3) is 6.10. The summed E-state index contributed by atoms with van der Waals surface area (Å²) >= 11 is 7.77. The average molecular weight is 181 g/mol. The summed E-state index contributed by atoms with van der Waals surface area (Å²) < 4.78 is 4.63. The fourth-order valence-electron chi connectivity index (χ4n) is 0.359. The molecular formula is C5H11NO2S2. The molecule has 0 aromatic heterocycles. The first-order valence-corrected chi connectivity index (χ1v) is 3.89. The van der Waals surface area contributed by atoms with Crippen molar-refractivity contribution in [2.45, 2.75) is 24.7 Å². The molecule has 5 heteroatoms. The predicted octanol–water partition coefficient (Wildman–Crippen LogP) is 1.26. The summed E-state index contributed by atoms with van der Waals surface area (Å²) in [5.41, 5.74) is -0.382. The van der Waals surface area contributed by atoms with Crippen molar-refractivity contribution in [3.63, 3.8) is 0 Å². The van der Waals surface area contributed by atoms with Gasteiger partial charge in [-0.2, -0.15) is 12.6 Å². The molecule has 0 aliphatic heterocycles. The molecular weight excluding hydrogens is 170 g/mol. The second kappa shape index (κ2) is 4.73. The van der Waals surface area contributed by atoms with Crippen molar-refractivity contribution in [1.82, 2.24) is 5.32 Å². The Morgan fingerprint density at radius 3 is 2.30 bits per heavy atom. The zero-order valence-electron chi connectivity index (χ0n) is 5.87. The van der Waals surface area contributed by atoms with Gasteiger partial charge in [-0.1, -0.05) is 0 Å². The third-order valence-electron chi connectivity index (χ3n) is 0.604. The van der Waals surface area contributed by atoms with Crippen LogP contribution in [0.1, 0.15) is 13.8 Å². The quantitative estimate of drug-likeness (QED) is 0.443. The summed E-state index contributed by atoms with van der Waals surface area (Å²) in [4.78, 5) is 10.6. The number of thiol groups is 2. The van der Waals surface area contributed by atoms with Crippen LogP contribution in [-0.2, 0) is 4.74 Å². The Hall–Kier alpha value is -0.0300. The van der Waals surface area contributed by atoms with Crippen LogP contribution in [0.2, 0.25) is 0 Å². The van der Waals surface area contributed by atoms with Crippen molar-refractivity contribution in [2.24, 2.45) is 0 Å². The monoisotopic (exact) mass is 181 g/mol. The number of carbonyl (C=O) groups is 1. The Kier molecular flexibility index (Phi) is 4.72. The van der Waals surface area contributed by atoms with Gasteiger partial charge in [-0.25, -0.2) is 4.79 Å². The molecule has 2 unspecified atom stereocenters. The number of hydrogen-bond acceptors (Lipinski definition) is 4. The molecule has 0 aliphatic carbocycles. The molecule has 0 aromatic carbocycles. The molecule has 3 nitrogen and oxygen atoms in total. The van der Waals surface area contributed by atoms with Crippen LogP contribution in [0.5, 0.6) is 0 Å². The molecule has 0 fully saturated rings. The average Bonchev–Trinajstić information content (AvgIpc) is 1.58. The highest BCUT2D eigenvalue weighted by Crippen LogP contribution is 1.96. The van der Waals surface area contributed by atoms with Crippen molar-refractivity contribution in [3.8, 4) is 0 Å². The number of ether oxygens (including phenoxy) is 1. The predicted molar refractivity (Wildman–Crippen MR) is 46.5 cm³/mol. The van der Waals surface area contributed by atoms with Crippen LogP contribution in [0.15, 0.2) is 0 Å². The van der Waals surface area contributed by atoms with Crippen LogP contribution in [0.3, 0.4) is 0 Å². The smallest absolute Gasteiger partial charge is 0.409 e. The van der Waals surface area contributed by atoms with E-state index < -0.39 is 6.09 Å². The highest BCUT2D eigenvalue weighted by atomic mass is 32.1. The van der Waals surface area contributed by atoms with Crippen LogP contribution < -0.4 is 5.32 Å². The summed E-state index contributed by atoms with van der Waals surface area (Å²) in [6, 6.07) is 0. The first-order chi connectivity index (χ1) is 4.52. The van der Waals surface area contributed by atoms with E-state index in [1.165, 1.54) is 0 Å². The SMILES string of the molecule is CC(S)NC(=O)OC(C)S. The largest absolute Gasteiger partial charge is 0.436 e. The first kappa shape index (κ1) is 9.97. The molecule has 0 aromatic rings. The lowest BCUT2D eigenvalue weighted by Gasteiger charge is -2.09. The van der Waals surface area contributed by atoms with Crippen LogP contribution in [-0.4, -0.2) is 16.9 Å². The van der Waals surface area contributed by atoms with E-state index in [0.717, 1.165) is 0 Å². The molecule has 0 spiro atoms. The van der Waals surface area contributed by atoms with Gasteiger partial charge in [0.2, 0.25) is 0 Å². The van der Waals surface area contributed by atoms with Crippen LogP contribution in [0, 0.1) is 0 Å². The van der Waals surface area contributed by atoms with Gasteiger partial charge in [-0.15, -0.1) is 12.6 Å². The molecule has 1 N–H and O–H groups in total. The summed E-state index contributed by atoms with van der Waals surface area (Å²) in [6.07, 6.45) is -0.495. The van der Waals surface area contributed by atoms with Gasteiger partial charge in [0.15, 0.2) is 0 Å². The Morgan fingerprint density at radius 2 is 2.00 bits per heavy atom. The van der Waals surface area contributed by atoms with Crippen LogP contribution >= 0.6 is 25.3 Å². The van der Waals surface area contributed by atoms with E-state index >= 15 is 0 Å². The summed E-state index contributed by atoms with van der Waals surface area (Å²) in [5, 5.41) is 2.23. The van der Waals surface area contributed by atoms with Crippen molar-refractivity contribution < 1.29 is 9.53 Å². The van der Waals surface area contributed by atoms with Gasteiger partial charge < -0.3 is 10.1 Å². The second-order valence-corrected chi connectivity index (χ2v) is 3.33. The van der Waals surface area contributed by atoms with Gasteiger partial charge in [0.05, 0.1) is 5.37 Å². The van der Waals surface area contributed by atoms with Gasteiger partial charge in [-0.3, -0.25) is 0 Å². The summed E-state index contributed by atoms with van der Waals surface area (Å²) in [6.45, 7) is 3.39. The number of amides is 1. The molecule has 0 aliphatic rings. The van der Waals surface area contributed by atoms with Crippen molar-refractivity contribution in [3.05, 3.63) is 0 Å². The number of rotatable bonds is 2. The minimum atomic E-state index is -0.495. The fraction of sp³-hybridized carbons (Fsp3) is 0.800. The molecule has 10 heavy (non-hydrogen) atoms. The second-order valence-electron chi connectivity index (χ2n) is 1.82. The van der Waals surface area contributed by atoms with E-state index in [2.05, 4.69) is 35.3 Å². The number of nitrogens with one attached hydrogen (secondary N) is 1. The summed E-state index contributed by atoms with van der Waals surface area (Å²) in [5.74, 6) is 0. The lowest BCUT2D eigenvalue weighted by atomic mass is 10.7. The number of alkyl carbamates (subject to hydrolysis) is 1. The normalized spacial score (nSPS) is 15.6. The van der Waals surface area contributed by atoms with Gasteiger partial charge in [0.25, 0.3) is 0 Å². The zero-order chi connectivity index (χ0) is 8.15. The minimum absolute atomic E-state index is 0.195. The standard InChI is InChI=1S/C5H11NO2S2/c1-3(9)6-5(7)8-4(2)10/h3-4,9-10H,1-2H3,(H,6,7). The van der Waals surface area contributed by atoms with Crippen molar-refractivity contribution in [1.29, 1.82) is 0 Å².